The van der Waals surface area contributed by atoms with Gasteiger partial charge in [-0.25, -0.2) is 0 Å². The molecule has 1 saturated carbocycles. The van der Waals surface area contributed by atoms with Crippen LogP contribution in [0.3, 0.4) is 0 Å². The summed E-state index contributed by atoms with van der Waals surface area (Å²) in [7, 11) is 1.72. The number of rotatable bonds is 7. The maximum atomic E-state index is 5.23. The lowest BCUT2D eigenvalue weighted by molar-refractivity contribution is 0.139. The molecule has 2 nitrogen and oxygen atoms in total. The summed E-state index contributed by atoms with van der Waals surface area (Å²) in [6.07, 6.45) is 9.38. The molecule has 0 aromatic heterocycles. The molecule has 118 valence electrons. The van der Waals surface area contributed by atoms with Gasteiger partial charge in [0.15, 0.2) is 0 Å². The van der Waals surface area contributed by atoms with E-state index in [-0.39, 0.29) is 0 Å². The summed E-state index contributed by atoms with van der Waals surface area (Å²) in [5.74, 6) is 0.946. The molecule has 1 aromatic rings. The van der Waals surface area contributed by atoms with Crippen molar-refractivity contribution in [2.24, 2.45) is 5.41 Å². The van der Waals surface area contributed by atoms with Crippen molar-refractivity contribution in [1.29, 1.82) is 0 Å². The zero-order valence-corrected chi connectivity index (χ0v) is 14.0. The SMILES string of the molecule is CCNC(CCc1ccc(OC)cc1)C1(C)CCCCC1. The first-order valence-electron chi connectivity index (χ1n) is 8.54. The molecule has 21 heavy (non-hydrogen) atoms. The van der Waals surface area contributed by atoms with Gasteiger partial charge in [0, 0.05) is 6.04 Å². The van der Waals surface area contributed by atoms with Gasteiger partial charge in [-0.1, -0.05) is 45.2 Å². The Hall–Kier alpha value is -1.02. The van der Waals surface area contributed by atoms with E-state index in [4.69, 9.17) is 4.74 Å². The normalized spacial score (nSPS) is 19.2. The van der Waals surface area contributed by atoms with E-state index in [2.05, 4.69) is 43.4 Å². The summed E-state index contributed by atoms with van der Waals surface area (Å²) < 4.78 is 5.23. The summed E-state index contributed by atoms with van der Waals surface area (Å²) in [4.78, 5) is 0. The Labute approximate surface area is 130 Å². The van der Waals surface area contributed by atoms with Crippen LogP contribution >= 0.6 is 0 Å². The van der Waals surface area contributed by atoms with Gasteiger partial charge in [0.2, 0.25) is 0 Å². The highest BCUT2D eigenvalue weighted by atomic mass is 16.5. The van der Waals surface area contributed by atoms with E-state index in [1.165, 1.54) is 44.1 Å². The van der Waals surface area contributed by atoms with Crippen molar-refractivity contribution in [3.05, 3.63) is 29.8 Å². The number of benzene rings is 1. The van der Waals surface area contributed by atoms with Crippen LogP contribution < -0.4 is 10.1 Å². The van der Waals surface area contributed by atoms with Crippen LogP contribution in [-0.4, -0.2) is 19.7 Å². The van der Waals surface area contributed by atoms with Crippen molar-refractivity contribution in [2.45, 2.75) is 64.8 Å². The van der Waals surface area contributed by atoms with Crippen LogP contribution in [0.1, 0.15) is 57.9 Å². The Kier molecular flexibility index (Phi) is 6.10. The minimum Gasteiger partial charge on any atom is -0.497 e. The van der Waals surface area contributed by atoms with Crippen molar-refractivity contribution in [3.8, 4) is 5.75 Å². The molecule has 1 fully saturated rings. The standard InChI is InChI=1S/C19H31NO/c1-4-20-18(19(2)14-6-5-7-15-19)13-10-16-8-11-17(21-3)12-9-16/h8-9,11-12,18,20H,4-7,10,13-15H2,1-3H3. The van der Waals surface area contributed by atoms with E-state index in [0.29, 0.717) is 11.5 Å². The number of nitrogens with one attached hydrogen (secondary N) is 1. The zero-order chi connectivity index (χ0) is 15.1. The van der Waals surface area contributed by atoms with Crippen LogP contribution in [-0.2, 0) is 6.42 Å². The summed E-state index contributed by atoms with van der Waals surface area (Å²) in [5, 5.41) is 3.76. The molecule has 1 aliphatic carbocycles. The van der Waals surface area contributed by atoms with Gasteiger partial charge >= 0.3 is 0 Å². The predicted molar refractivity (Wildman–Crippen MR) is 90.0 cm³/mol. The van der Waals surface area contributed by atoms with Crippen molar-refractivity contribution < 1.29 is 4.74 Å². The second kappa shape index (κ2) is 7.84. The third kappa shape index (κ3) is 4.47. The third-order valence-corrected chi connectivity index (χ3v) is 5.17. The monoisotopic (exact) mass is 289 g/mol. The summed E-state index contributed by atoms with van der Waals surface area (Å²) in [5.41, 5.74) is 1.90. The molecule has 0 radical (unpaired) electrons. The molecule has 1 atom stereocenters. The number of aryl methyl sites for hydroxylation is 1. The van der Waals surface area contributed by atoms with Crippen LogP contribution in [0.5, 0.6) is 5.75 Å². The number of ether oxygens (including phenoxy) is 1. The lowest BCUT2D eigenvalue weighted by atomic mass is 9.69. The van der Waals surface area contributed by atoms with Crippen molar-refractivity contribution >= 4 is 0 Å². The van der Waals surface area contributed by atoms with Gasteiger partial charge in [-0.3, -0.25) is 0 Å². The molecule has 0 amide bonds. The highest BCUT2D eigenvalue weighted by Gasteiger charge is 2.34. The first-order valence-corrected chi connectivity index (χ1v) is 8.54. The third-order valence-electron chi connectivity index (χ3n) is 5.17. The molecular weight excluding hydrogens is 258 g/mol. The lowest BCUT2D eigenvalue weighted by Gasteiger charge is -2.41. The van der Waals surface area contributed by atoms with Gasteiger partial charge in [-0.05, 0) is 55.3 Å². The first kappa shape index (κ1) is 16.4. The largest absolute Gasteiger partial charge is 0.497 e. The molecule has 1 aliphatic rings. The Morgan fingerprint density at radius 3 is 2.38 bits per heavy atom. The van der Waals surface area contributed by atoms with E-state index in [9.17, 15) is 0 Å². The number of hydrogen-bond donors (Lipinski definition) is 1. The molecular formula is C19H31NO. The molecule has 1 unspecified atom stereocenters. The molecule has 2 heteroatoms. The number of hydrogen-bond acceptors (Lipinski definition) is 2. The highest BCUT2D eigenvalue weighted by molar-refractivity contribution is 5.27. The fourth-order valence-corrected chi connectivity index (χ4v) is 3.75. The molecule has 0 aliphatic heterocycles. The average Bonchev–Trinajstić information content (AvgIpc) is 2.52. The Balaban J connectivity index is 1.95. The molecule has 1 aromatic carbocycles. The maximum Gasteiger partial charge on any atom is 0.118 e. The average molecular weight is 289 g/mol. The van der Waals surface area contributed by atoms with Gasteiger partial charge in [0.05, 0.1) is 7.11 Å². The van der Waals surface area contributed by atoms with Gasteiger partial charge in [0.1, 0.15) is 5.75 Å². The minimum absolute atomic E-state index is 0.487. The molecule has 0 bridgehead atoms. The van der Waals surface area contributed by atoms with Gasteiger partial charge in [-0.2, -0.15) is 0 Å². The minimum atomic E-state index is 0.487. The van der Waals surface area contributed by atoms with Crippen LogP contribution in [0.2, 0.25) is 0 Å². The summed E-state index contributed by atoms with van der Waals surface area (Å²) in [6, 6.07) is 9.18. The highest BCUT2D eigenvalue weighted by Crippen LogP contribution is 2.40. The van der Waals surface area contributed by atoms with E-state index < -0.39 is 0 Å². The van der Waals surface area contributed by atoms with Gasteiger partial charge in [0.25, 0.3) is 0 Å². The molecule has 0 heterocycles. The quantitative estimate of drug-likeness (QED) is 0.793. The van der Waals surface area contributed by atoms with Crippen LogP contribution in [0.4, 0.5) is 0 Å². The molecule has 0 spiro atoms. The number of methoxy groups -OCH3 is 1. The zero-order valence-electron chi connectivity index (χ0n) is 14.0. The Morgan fingerprint density at radius 2 is 1.81 bits per heavy atom. The van der Waals surface area contributed by atoms with Crippen LogP contribution in [0, 0.1) is 5.41 Å². The molecule has 0 saturated heterocycles. The van der Waals surface area contributed by atoms with Crippen LogP contribution in [0.25, 0.3) is 0 Å². The molecule has 1 N–H and O–H groups in total. The Bertz CT molecular complexity index is 406. The second-order valence-corrected chi connectivity index (χ2v) is 6.71. The fourth-order valence-electron chi connectivity index (χ4n) is 3.75. The Morgan fingerprint density at radius 1 is 1.14 bits per heavy atom. The fraction of sp³-hybridized carbons (Fsp3) is 0.684. The van der Waals surface area contributed by atoms with E-state index in [1.54, 1.807) is 7.11 Å². The predicted octanol–water partition coefficient (Wildman–Crippen LogP) is 4.58. The summed E-state index contributed by atoms with van der Waals surface area (Å²) >= 11 is 0. The van der Waals surface area contributed by atoms with E-state index in [1.807, 2.05) is 0 Å². The topological polar surface area (TPSA) is 21.3 Å². The van der Waals surface area contributed by atoms with Gasteiger partial charge < -0.3 is 10.1 Å². The van der Waals surface area contributed by atoms with E-state index in [0.717, 1.165) is 18.7 Å². The first-order chi connectivity index (χ1) is 10.2. The van der Waals surface area contributed by atoms with Crippen molar-refractivity contribution in [3.63, 3.8) is 0 Å². The lowest BCUT2D eigenvalue weighted by Crippen LogP contribution is -2.45. The van der Waals surface area contributed by atoms with Gasteiger partial charge in [-0.15, -0.1) is 0 Å². The van der Waals surface area contributed by atoms with Crippen molar-refractivity contribution in [1.82, 2.24) is 5.32 Å². The molecule has 2 rings (SSSR count). The second-order valence-electron chi connectivity index (χ2n) is 6.71. The van der Waals surface area contributed by atoms with Crippen LogP contribution in [0.15, 0.2) is 24.3 Å². The summed E-state index contributed by atoms with van der Waals surface area (Å²) in [6.45, 7) is 5.79. The maximum absolute atomic E-state index is 5.23. The smallest absolute Gasteiger partial charge is 0.118 e. The van der Waals surface area contributed by atoms with E-state index >= 15 is 0 Å². The van der Waals surface area contributed by atoms with Crippen molar-refractivity contribution in [2.75, 3.05) is 13.7 Å².